The molecule has 5 nitrogen and oxygen atoms in total. The molecule has 0 bridgehead atoms. The van der Waals surface area contributed by atoms with Crippen LogP contribution in [0.2, 0.25) is 0 Å². The number of nitrogens with zero attached hydrogens (tertiary/aromatic N) is 1. The predicted octanol–water partition coefficient (Wildman–Crippen LogP) is 8.55. The maximum Gasteiger partial charge on any atom is 0.338 e. The van der Waals surface area contributed by atoms with Crippen molar-refractivity contribution < 1.29 is 19.1 Å². The summed E-state index contributed by atoms with van der Waals surface area (Å²) in [4.78, 5) is 25.6. The second-order valence-corrected chi connectivity index (χ2v) is 9.23. The van der Waals surface area contributed by atoms with Crippen LogP contribution in [0, 0.1) is 0 Å². The molecule has 0 saturated carbocycles. The highest BCUT2D eigenvalue weighted by Gasteiger charge is 2.14. The van der Waals surface area contributed by atoms with Crippen LogP contribution in [0.4, 0.5) is 17.1 Å². The Hall–Kier alpha value is -5.42. The van der Waals surface area contributed by atoms with Gasteiger partial charge >= 0.3 is 11.9 Å². The van der Waals surface area contributed by atoms with Crippen LogP contribution >= 0.6 is 0 Å². The minimum Gasteiger partial charge on any atom is -0.423 e. The maximum absolute atomic E-state index is 11.8. The number of hydrogen-bond donors (Lipinski definition) is 0. The molecule has 0 radical (unpaired) electrons. The normalized spacial score (nSPS) is 10.5. The number of hydrogen-bond acceptors (Lipinski definition) is 5. The molecule has 0 N–H and O–H groups in total. The number of ether oxygens (including phenoxy) is 2. The number of carbonyl (C=O) groups excluding carboxylic acids is 2. The monoisotopic (exact) mass is 525 g/mol. The number of rotatable bonds is 8. The fourth-order valence-electron chi connectivity index (χ4n) is 4.30. The van der Waals surface area contributed by atoms with E-state index in [1.165, 1.54) is 0 Å². The summed E-state index contributed by atoms with van der Waals surface area (Å²) in [5.74, 6) is -0.0348. The first kappa shape index (κ1) is 26.2. The van der Waals surface area contributed by atoms with Crippen molar-refractivity contribution in [3.05, 3.63) is 140 Å². The molecule has 5 rings (SSSR count). The summed E-state index contributed by atoms with van der Waals surface area (Å²) in [5.41, 5.74) is 5.22. The zero-order valence-electron chi connectivity index (χ0n) is 22.0. The molecule has 5 aromatic rings. The third-order valence-corrected chi connectivity index (χ3v) is 6.34. The van der Waals surface area contributed by atoms with Gasteiger partial charge in [-0.25, -0.2) is 9.59 Å². The lowest BCUT2D eigenvalue weighted by Crippen LogP contribution is -2.10. The van der Waals surface area contributed by atoms with Crippen molar-refractivity contribution in [2.45, 2.75) is 6.92 Å². The SMILES string of the molecule is C=CC(=O)Oc1ccc(N(c2ccc(-c3ccc(OC(=O)C(=C)C)cc3)cc2)c2ccc3ccccc3c2)cc1. The van der Waals surface area contributed by atoms with Gasteiger partial charge in [0.05, 0.1) is 0 Å². The summed E-state index contributed by atoms with van der Waals surface area (Å²) >= 11 is 0. The Bertz CT molecular complexity index is 1700. The van der Waals surface area contributed by atoms with Crippen molar-refractivity contribution in [1.29, 1.82) is 0 Å². The van der Waals surface area contributed by atoms with Crippen molar-refractivity contribution in [3.63, 3.8) is 0 Å². The van der Waals surface area contributed by atoms with Gasteiger partial charge in [-0.3, -0.25) is 0 Å². The van der Waals surface area contributed by atoms with Gasteiger partial charge in [0.2, 0.25) is 0 Å². The maximum atomic E-state index is 11.8. The van der Waals surface area contributed by atoms with Gasteiger partial charge in [0.15, 0.2) is 0 Å². The average Bonchev–Trinajstić information content (AvgIpc) is 2.99. The second kappa shape index (κ2) is 11.5. The third kappa shape index (κ3) is 5.84. The fourth-order valence-corrected chi connectivity index (χ4v) is 4.30. The Morgan fingerprint density at radius 3 is 1.75 bits per heavy atom. The van der Waals surface area contributed by atoms with Crippen molar-refractivity contribution >= 4 is 39.8 Å². The molecule has 0 atom stereocenters. The largest absolute Gasteiger partial charge is 0.423 e. The Morgan fingerprint density at radius 1 is 0.650 bits per heavy atom. The average molecular weight is 526 g/mol. The van der Waals surface area contributed by atoms with Crippen LogP contribution in [-0.4, -0.2) is 11.9 Å². The minimum atomic E-state index is -0.503. The molecular weight excluding hydrogens is 498 g/mol. The second-order valence-electron chi connectivity index (χ2n) is 9.23. The molecular formula is C35H27NO4. The molecule has 5 aromatic carbocycles. The summed E-state index contributed by atoms with van der Waals surface area (Å²) in [6.07, 6.45) is 1.14. The smallest absolute Gasteiger partial charge is 0.338 e. The first-order chi connectivity index (χ1) is 19.4. The standard InChI is InChI=1S/C35H27NO4/c1-4-34(37)39-32-21-17-30(18-22-32)36(31-16-11-25-7-5-6-8-28(25)23-31)29-14-9-26(10-15-29)27-12-19-33(20-13-27)40-35(38)24(2)3/h4-23H,1-2H2,3H3. The Kier molecular flexibility index (Phi) is 7.56. The molecule has 0 aliphatic rings. The van der Waals surface area contributed by atoms with Gasteiger partial charge < -0.3 is 14.4 Å². The zero-order valence-corrected chi connectivity index (χ0v) is 22.0. The Morgan fingerprint density at radius 2 is 1.15 bits per heavy atom. The molecule has 0 spiro atoms. The van der Waals surface area contributed by atoms with Crippen LogP contribution in [0.15, 0.2) is 140 Å². The molecule has 0 aliphatic carbocycles. The molecule has 5 heteroatoms. The van der Waals surface area contributed by atoms with E-state index in [-0.39, 0.29) is 0 Å². The van der Waals surface area contributed by atoms with E-state index in [9.17, 15) is 9.59 Å². The van der Waals surface area contributed by atoms with Crippen molar-refractivity contribution in [3.8, 4) is 22.6 Å². The lowest BCUT2D eigenvalue weighted by Gasteiger charge is -2.26. The Balaban J connectivity index is 1.47. The first-order valence-electron chi connectivity index (χ1n) is 12.7. The lowest BCUT2D eigenvalue weighted by atomic mass is 10.0. The Labute approximate surface area is 233 Å². The van der Waals surface area contributed by atoms with Gasteiger partial charge in [-0.05, 0) is 89.5 Å². The molecule has 0 fully saturated rings. The van der Waals surface area contributed by atoms with Crippen LogP contribution in [0.5, 0.6) is 11.5 Å². The molecule has 40 heavy (non-hydrogen) atoms. The fraction of sp³-hybridized carbons (Fsp3) is 0.0286. The van der Waals surface area contributed by atoms with Crippen LogP contribution in [0.3, 0.4) is 0 Å². The van der Waals surface area contributed by atoms with E-state index in [0.29, 0.717) is 17.1 Å². The van der Waals surface area contributed by atoms with Crippen LogP contribution in [-0.2, 0) is 9.59 Å². The van der Waals surface area contributed by atoms with Gasteiger partial charge in [-0.1, -0.05) is 67.8 Å². The highest BCUT2D eigenvalue weighted by Crippen LogP contribution is 2.37. The van der Waals surface area contributed by atoms with Gasteiger partial charge in [0.25, 0.3) is 0 Å². The van der Waals surface area contributed by atoms with Crippen molar-refractivity contribution in [2.75, 3.05) is 4.90 Å². The number of anilines is 3. The lowest BCUT2D eigenvalue weighted by molar-refractivity contribution is -0.130. The summed E-state index contributed by atoms with van der Waals surface area (Å²) in [5, 5.41) is 2.29. The number of benzene rings is 5. The molecule has 196 valence electrons. The highest BCUT2D eigenvalue weighted by atomic mass is 16.5. The quantitative estimate of drug-likeness (QED) is 0.115. The number of carbonyl (C=O) groups is 2. The molecule has 0 saturated heterocycles. The van der Waals surface area contributed by atoms with E-state index in [0.717, 1.165) is 45.0 Å². The number of esters is 2. The zero-order chi connectivity index (χ0) is 28.1. The van der Waals surface area contributed by atoms with Crippen LogP contribution in [0.25, 0.3) is 21.9 Å². The molecule has 0 aromatic heterocycles. The van der Waals surface area contributed by atoms with Crippen LogP contribution in [0.1, 0.15) is 6.92 Å². The summed E-state index contributed by atoms with van der Waals surface area (Å²) in [7, 11) is 0. The van der Waals surface area contributed by atoms with E-state index in [1.54, 1.807) is 31.2 Å². The van der Waals surface area contributed by atoms with E-state index < -0.39 is 11.9 Å². The van der Waals surface area contributed by atoms with Gasteiger partial charge in [0.1, 0.15) is 11.5 Å². The summed E-state index contributed by atoms with van der Waals surface area (Å²) in [6.45, 7) is 8.68. The molecule has 0 unspecified atom stereocenters. The highest BCUT2D eigenvalue weighted by molar-refractivity contribution is 5.90. The molecule has 0 aliphatic heterocycles. The summed E-state index contributed by atoms with van der Waals surface area (Å²) in [6, 6.07) is 37.6. The van der Waals surface area contributed by atoms with Gasteiger partial charge in [0, 0.05) is 28.7 Å². The molecule has 0 heterocycles. The van der Waals surface area contributed by atoms with E-state index in [2.05, 4.69) is 72.7 Å². The van der Waals surface area contributed by atoms with Crippen LogP contribution < -0.4 is 14.4 Å². The van der Waals surface area contributed by atoms with Gasteiger partial charge in [-0.15, -0.1) is 0 Å². The molecule has 0 amide bonds. The topological polar surface area (TPSA) is 55.8 Å². The summed E-state index contributed by atoms with van der Waals surface area (Å²) < 4.78 is 10.6. The van der Waals surface area contributed by atoms with E-state index >= 15 is 0 Å². The van der Waals surface area contributed by atoms with E-state index in [4.69, 9.17) is 9.47 Å². The van der Waals surface area contributed by atoms with Crippen molar-refractivity contribution in [1.82, 2.24) is 0 Å². The third-order valence-electron chi connectivity index (χ3n) is 6.34. The number of fused-ring (bicyclic) bond motifs is 1. The van der Waals surface area contributed by atoms with Crippen molar-refractivity contribution in [2.24, 2.45) is 0 Å². The van der Waals surface area contributed by atoms with Gasteiger partial charge in [-0.2, -0.15) is 0 Å². The van der Waals surface area contributed by atoms with E-state index in [1.807, 2.05) is 36.4 Å². The minimum absolute atomic E-state index is 0.350. The first-order valence-corrected chi connectivity index (χ1v) is 12.7. The predicted molar refractivity (Wildman–Crippen MR) is 160 cm³/mol.